The Hall–Kier alpha value is -4.42. The summed E-state index contributed by atoms with van der Waals surface area (Å²) in [6.07, 6.45) is -5.57. The van der Waals surface area contributed by atoms with E-state index in [-0.39, 0.29) is 24.1 Å². The lowest BCUT2D eigenvalue weighted by Gasteiger charge is -2.30. The second-order valence-corrected chi connectivity index (χ2v) is 11.9. The molecule has 4 aromatic rings. The number of rotatable bonds is 9. The minimum absolute atomic E-state index is 0.0626. The van der Waals surface area contributed by atoms with Crippen molar-refractivity contribution in [1.29, 1.82) is 5.53 Å². The van der Waals surface area contributed by atoms with E-state index in [0.717, 1.165) is 60.4 Å². The van der Waals surface area contributed by atoms with E-state index in [4.69, 9.17) is 16.4 Å². The Morgan fingerprint density at radius 3 is 1.98 bits per heavy atom. The molecule has 2 aliphatic carbocycles. The third-order valence-corrected chi connectivity index (χ3v) is 8.30. The molecular weight excluding hydrogens is 596 g/mol. The molecule has 3 N–H and O–H groups in total. The van der Waals surface area contributed by atoms with Crippen LogP contribution in [0.15, 0.2) is 70.9 Å². The minimum Gasteiger partial charge on any atom is -0.356 e. The average Bonchev–Trinajstić information content (AvgIpc) is 3.93. The van der Waals surface area contributed by atoms with E-state index in [1.54, 1.807) is 0 Å². The smallest absolute Gasteiger partial charge is 0.356 e. The van der Waals surface area contributed by atoms with Gasteiger partial charge in [-0.3, -0.25) is 0 Å². The number of guanidine groups is 1. The lowest BCUT2D eigenvalue weighted by atomic mass is 10.0. The molecule has 0 saturated heterocycles. The third-order valence-electron chi connectivity index (χ3n) is 8.30. The first kappa shape index (κ1) is 30.6. The lowest BCUT2D eigenvalue weighted by molar-refractivity contribution is -0.143. The topological polar surface area (TPSA) is 94.0 Å². The van der Waals surface area contributed by atoms with Crippen LogP contribution >= 0.6 is 0 Å². The highest BCUT2D eigenvalue weighted by Crippen LogP contribution is 2.39. The number of halogens is 6. The van der Waals surface area contributed by atoms with Gasteiger partial charge in [0.25, 0.3) is 5.96 Å². The summed E-state index contributed by atoms with van der Waals surface area (Å²) in [5.74, 6) is 6.92. The van der Waals surface area contributed by atoms with E-state index in [9.17, 15) is 26.3 Å². The molecule has 2 fully saturated rings. The Labute approximate surface area is 255 Å². The summed E-state index contributed by atoms with van der Waals surface area (Å²) in [7, 11) is 0. The molecule has 0 atom stereocenters. The summed E-state index contributed by atoms with van der Waals surface area (Å²) < 4.78 is 81.9. The summed E-state index contributed by atoms with van der Waals surface area (Å²) in [6, 6.07) is 15.1. The number of benzene rings is 3. The number of pyridine rings is 1. The van der Waals surface area contributed by atoms with Crippen LogP contribution in [0.5, 0.6) is 0 Å². The van der Waals surface area contributed by atoms with Crippen LogP contribution in [-0.4, -0.2) is 28.9 Å². The Kier molecular flexibility index (Phi) is 8.04. The van der Waals surface area contributed by atoms with Crippen molar-refractivity contribution in [2.75, 3.05) is 18.0 Å². The molecule has 0 unspecified atom stereocenters. The molecule has 0 amide bonds. The summed E-state index contributed by atoms with van der Waals surface area (Å²) in [4.78, 5) is 8.75. The summed E-state index contributed by atoms with van der Waals surface area (Å²) in [6.45, 7) is 1.05. The molecule has 45 heavy (non-hydrogen) atoms. The highest BCUT2D eigenvalue weighted by atomic mass is 19.4. The van der Waals surface area contributed by atoms with Crippen molar-refractivity contribution in [2.45, 2.75) is 51.1 Å². The summed E-state index contributed by atoms with van der Waals surface area (Å²) in [5, 5.41) is 9.70. The van der Waals surface area contributed by atoms with Crippen LogP contribution in [-0.2, 0) is 25.4 Å². The minimum atomic E-state index is -5.00. The quantitative estimate of drug-likeness (QED) is 0.0371. The lowest BCUT2D eigenvalue weighted by Crippen LogP contribution is -2.33. The van der Waals surface area contributed by atoms with Crippen LogP contribution in [0.3, 0.4) is 0 Å². The zero-order chi connectivity index (χ0) is 31.9. The molecule has 1 heterocycles. The van der Waals surface area contributed by atoms with Gasteiger partial charge in [0.05, 0.1) is 16.6 Å². The second kappa shape index (κ2) is 11.8. The summed E-state index contributed by atoms with van der Waals surface area (Å²) in [5.41, 5.74) is 5.98. The number of nitrogens with one attached hydrogen (secondary N) is 1. The van der Waals surface area contributed by atoms with E-state index < -0.39 is 30.0 Å². The van der Waals surface area contributed by atoms with Crippen molar-refractivity contribution in [3.63, 3.8) is 0 Å². The first-order valence-electron chi connectivity index (χ1n) is 14.7. The van der Waals surface area contributed by atoms with Gasteiger partial charge in [0.2, 0.25) is 0 Å². The molecule has 0 bridgehead atoms. The molecule has 0 aliphatic heterocycles. The molecule has 0 spiro atoms. The Morgan fingerprint density at radius 2 is 1.42 bits per heavy atom. The molecule has 0 radical (unpaired) electrons. The number of fused-ring (bicyclic) bond motifs is 3. The molecular formula is C32H31F6N7. The van der Waals surface area contributed by atoms with Gasteiger partial charge in [0, 0.05) is 42.5 Å². The van der Waals surface area contributed by atoms with Gasteiger partial charge in [-0.2, -0.15) is 26.3 Å². The SMILES string of the molecule is N=N/C(=N\N)N(Cc1cc(C(F)(F)F)cc(C(F)(F)F)c1)Cc1cc2ccc3ccccc3c2nc1N(CC1CC1)CC1CC1. The van der Waals surface area contributed by atoms with Gasteiger partial charge < -0.3 is 15.6 Å². The number of aromatic nitrogens is 1. The van der Waals surface area contributed by atoms with Gasteiger partial charge in [-0.05, 0) is 72.7 Å². The fraction of sp³-hybridized carbons (Fsp3) is 0.375. The van der Waals surface area contributed by atoms with Gasteiger partial charge in [0.1, 0.15) is 5.82 Å². The van der Waals surface area contributed by atoms with E-state index >= 15 is 0 Å². The Morgan fingerprint density at radius 1 is 0.822 bits per heavy atom. The summed E-state index contributed by atoms with van der Waals surface area (Å²) >= 11 is 0. The molecule has 2 saturated carbocycles. The monoisotopic (exact) mass is 627 g/mol. The predicted molar refractivity (Wildman–Crippen MR) is 159 cm³/mol. The molecule has 7 nitrogen and oxygen atoms in total. The number of hydrogen-bond donors (Lipinski definition) is 2. The van der Waals surface area contributed by atoms with Crippen LogP contribution in [0.1, 0.15) is 47.9 Å². The third kappa shape index (κ3) is 6.97. The van der Waals surface area contributed by atoms with Crippen molar-refractivity contribution >= 4 is 33.5 Å². The second-order valence-electron chi connectivity index (χ2n) is 11.9. The number of hydrogen-bond acceptors (Lipinski definition) is 5. The predicted octanol–water partition coefficient (Wildman–Crippen LogP) is 8.31. The van der Waals surface area contributed by atoms with Crippen molar-refractivity contribution in [1.82, 2.24) is 9.88 Å². The number of nitrogens with two attached hydrogens (primary N) is 1. The van der Waals surface area contributed by atoms with Gasteiger partial charge in [0.15, 0.2) is 0 Å². The van der Waals surface area contributed by atoms with Crippen molar-refractivity contribution < 1.29 is 26.3 Å². The van der Waals surface area contributed by atoms with Gasteiger partial charge >= 0.3 is 12.4 Å². The fourth-order valence-electron chi connectivity index (χ4n) is 5.72. The van der Waals surface area contributed by atoms with Crippen molar-refractivity contribution in [3.8, 4) is 0 Å². The van der Waals surface area contributed by atoms with Crippen LogP contribution < -0.4 is 10.7 Å². The molecule has 236 valence electrons. The maximum Gasteiger partial charge on any atom is 0.416 e. The van der Waals surface area contributed by atoms with E-state index in [2.05, 4.69) is 15.1 Å². The van der Waals surface area contributed by atoms with Crippen molar-refractivity contribution in [2.24, 2.45) is 27.9 Å². The average molecular weight is 628 g/mol. The van der Waals surface area contributed by atoms with E-state index in [1.807, 2.05) is 42.5 Å². The molecule has 1 aromatic heterocycles. The molecule has 2 aliphatic rings. The van der Waals surface area contributed by atoms with Crippen LogP contribution in [0.4, 0.5) is 32.2 Å². The standard InChI is InChI=1S/C32H31F6N7/c33-31(34,35)25-11-21(12-26(14-25)32(36,37)38)17-45(30(42-39)43-40)18-24-13-23-10-9-22-3-1-2-4-27(22)28(23)41-29(24)44(15-19-5-6-19)16-20-7-8-20/h1-4,9-14,19-20,39H,5-8,15-18,40H2/b42-39?,43-30+. The zero-order valence-electron chi connectivity index (χ0n) is 24.2. The van der Waals surface area contributed by atoms with Crippen molar-refractivity contribution in [3.05, 3.63) is 82.9 Å². The Balaban J connectivity index is 1.46. The largest absolute Gasteiger partial charge is 0.416 e. The first-order valence-corrected chi connectivity index (χ1v) is 14.7. The highest BCUT2D eigenvalue weighted by molar-refractivity contribution is 6.06. The van der Waals surface area contributed by atoms with E-state index in [1.165, 1.54) is 4.90 Å². The fourth-order valence-corrected chi connectivity index (χ4v) is 5.72. The number of alkyl halides is 6. The maximum absolute atomic E-state index is 13.6. The normalized spacial score (nSPS) is 15.9. The maximum atomic E-state index is 13.6. The Bertz CT molecular complexity index is 1710. The highest BCUT2D eigenvalue weighted by Gasteiger charge is 2.37. The number of hydrazone groups is 1. The zero-order valence-corrected chi connectivity index (χ0v) is 24.2. The molecule has 6 rings (SSSR count). The van der Waals surface area contributed by atoms with Gasteiger partial charge in [-0.1, -0.05) is 36.4 Å². The molecule has 3 aromatic carbocycles. The van der Waals surface area contributed by atoms with Crippen LogP contribution in [0.25, 0.3) is 21.7 Å². The molecule has 13 heteroatoms. The first-order chi connectivity index (χ1) is 21.4. The number of nitrogens with zero attached hydrogens (tertiary/aromatic N) is 5. The van der Waals surface area contributed by atoms with Crippen LogP contribution in [0, 0.1) is 17.4 Å². The van der Waals surface area contributed by atoms with E-state index in [0.29, 0.717) is 35.3 Å². The van der Waals surface area contributed by atoms with Crippen LogP contribution in [0.2, 0.25) is 0 Å². The number of anilines is 1. The van der Waals surface area contributed by atoms with Gasteiger partial charge in [-0.25, -0.2) is 10.5 Å². The van der Waals surface area contributed by atoms with Gasteiger partial charge in [-0.15, -0.1) is 10.2 Å².